The van der Waals surface area contributed by atoms with Gasteiger partial charge in [-0.2, -0.15) is 0 Å². The summed E-state index contributed by atoms with van der Waals surface area (Å²) in [6, 6.07) is 6.49. The highest BCUT2D eigenvalue weighted by Gasteiger charge is 2.29. The Morgan fingerprint density at radius 1 is 1.47 bits per heavy atom. The Hall–Kier alpha value is -1.91. The number of carbonyl (C=O) groups is 2. The van der Waals surface area contributed by atoms with Gasteiger partial charge in [-0.25, -0.2) is 4.39 Å². The number of carbonyl (C=O) groups excluding carboxylic acids is 1. The maximum Gasteiger partial charge on any atom is 0.290 e. The summed E-state index contributed by atoms with van der Waals surface area (Å²) in [5.41, 5.74) is 0.543. The molecule has 2 rings (SSSR count). The van der Waals surface area contributed by atoms with E-state index in [1.54, 1.807) is 18.2 Å². The van der Waals surface area contributed by atoms with Gasteiger partial charge in [0, 0.05) is 18.0 Å². The second-order valence-corrected chi connectivity index (χ2v) is 3.69. The van der Waals surface area contributed by atoms with Gasteiger partial charge in [-0.3, -0.25) is 9.59 Å². The zero-order chi connectivity index (χ0) is 12.7. The number of nitrogens with one attached hydrogen (secondary N) is 1. The Balaban J connectivity index is 0.000000437. The number of amides is 1. The smallest absolute Gasteiger partial charge is 0.290 e. The molecule has 0 heterocycles. The second-order valence-electron chi connectivity index (χ2n) is 3.69. The SMILES string of the molecule is O=C(NCc1ccccc1F)C1CC1.O=CO. The number of rotatable bonds is 3. The third kappa shape index (κ3) is 4.63. The summed E-state index contributed by atoms with van der Waals surface area (Å²) >= 11 is 0. The van der Waals surface area contributed by atoms with Gasteiger partial charge in [0.1, 0.15) is 5.82 Å². The maximum atomic E-state index is 13.1. The predicted octanol–water partition coefficient (Wildman–Crippen LogP) is 1.55. The highest BCUT2D eigenvalue weighted by Crippen LogP contribution is 2.28. The van der Waals surface area contributed by atoms with Crippen molar-refractivity contribution in [3.63, 3.8) is 0 Å². The minimum absolute atomic E-state index is 0.0493. The van der Waals surface area contributed by atoms with Gasteiger partial charge in [0.2, 0.25) is 5.91 Å². The summed E-state index contributed by atoms with van der Waals surface area (Å²) in [7, 11) is 0. The maximum absolute atomic E-state index is 13.1. The topological polar surface area (TPSA) is 66.4 Å². The van der Waals surface area contributed by atoms with E-state index in [4.69, 9.17) is 9.90 Å². The molecule has 1 aromatic rings. The van der Waals surface area contributed by atoms with Gasteiger partial charge >= 0.3 is 0 Å². The van der Waals surface area contributed by atoms with E-state index in [1.165, 1.54) is 6.07 Å². The van der Waals surface area contributed by atoms with Crippen LogP contribution in [0.15, 0.2) is 24.3 Å². The van der Waals surface area contributed by atoms with E-state index in [-0.39, 0.29) is 24.1 Å². The molecule has 0 aliphatic heterocycles. The Labute approximate surface area is 98.5 Å². The van der Waals surface area contributed by atoms with Crippen molar-refractivity contribution in [3.8, 4) is 0 Å². The molecule has 1 saturated carbocycles. The van der Waals surface area contributed by atoms with Crippen LogP contribution in [0.5, 0.6) is 0 Å². The first-order chi connectivity index (χ1) is 8.19. The van der Waals surface area contributed by atoms with Gasteiger partial charge in [-0.05, 0) is 18.9 Å². The van der Waals surface area contributed by atoms with Gasteiger partial charge in [-0.1, -0.05) is 18.2 Å². The summed E-state index contributed by atoms with van der Waals surface area (Å²) in [4.78, 5) is 19.6. The number of benzene rings is 1. The van der Waals surface area contributed by atoms with Crippen molar-refractivity contribution >= 4 is 12.4 Å². The van der Waals surface area contributed by atoms with Gasteiger partial charge in [0.05, 0.1) is 0 Å². The van der Waals surface area contributed by atoms with Crippen molar-refractivity contribution in [2.24, 2.45) is 5.92 Å². The molecule has 0 saturated heterocycles. The highest BCUT2D eigenvalue weighted by molar-refractivity contribution is 5.80. The molecule has 92 valence electrons. The number of hydrogen-bond acceptors (Lipinski definition) is 2. The molecule has 2 N–H and O–H groups in total. The summed E-state index contributed by atoms with van der Waals surface area (Å²) in [5.74, 6) is -0.0291. The van der Waals surface area contributed by atoms with Crippen LogP contribution in [0.1, 0.15) is 18.4 Å². The van der Waals surface area contributed by atoms with E-state index in [0.29, 0.717) is 12.1 Å². The van der Waals surface area contributed by atoms with Crippen molar-refractivity contribution in [3.05, 3.63) is 35.6 Å². The molecule has 0 bridgehead atoms. The van der Waals surface area contributed by atoms with Crippen molar-refractivity contribution in [2.45, 2.75) is 19.4 Å². The van der Waals surface area contributed by atoms with E-state index in [0.717, 1.165) is 12.8 Å². The predicted molar refractivity (Wildman–Crippen MR) is 59.7 cm³/mol. The zero-order valence-electron chi connectivity index (χ0n) is 9.23. The Morgan fingerprint density at radius 2 is 2.06 bits per heavy atom. The minimum Gasteiger partial charge on any atom is -0.483 e. The third-order valence-electron chi connectivity index (χ3n) is 2.36. The second kappa shape index (κ2) is 6.62. The molecule has 1 aromatic carbocycles. The summed E-state index contributed by atoms with van der Waals surface area (Å²) < 4.78 is 13.1. The molecule has 17 heavy (non-hydrogen) atoms. The summed E-state index contributed by atoms with van der Waals surface area (Å²) in [5, 5.41) is 9.61. The van der Waals surface area contributed by atoms with Crippen molar-refractivity contribution in [1.29, 1.82) is 0 Å². The quantitative estimate of drug-likeness (QED) is 0.786. The number of hydrogen-bond donors (Lipinski definition) is 2. The molecule has 5 heteroatoms. The van der Waals surface area contributed by atoms with Crippen LogP contribution >= 0.6 is 0 Å². The Bertz CT molecular complexity index is 391. The van der Waals surface area contributed by atoms with Crippen LogP contribution in [0, 0.1) is 11.7 Å². The van der Waals surface area contributed by atoms with E-state index in [9.17, 15) is 9.18 Å². The van der Waals surface area contributed by atoms with Crippen LogP contribution in [0.2, 0.25) is 0 Å². The van der Waals surface area contributed by atoms with Gasteiger partial charge in [0.15, 0.2) is 0 Å². The molecule has 0 spiro atoms. The monoisotopic (exact) mass is 239 g/mol. The van der Waals surface area contributed by atoms with E-state index >= 15 is 0 Å². The lowest BCUT2D eigenvalue weighted by molar-refractivity contribution is -0.123. The first kappa shape index (κ1) is 13.2. The number of halogens is 1. The summed E-state index contributed by atoms with van der Waals surface area (Å²) in [6.45, 7) is 0.0437. The van der Waals surface area contributed by atoms with Crippen molar-refractivity contribution in [1.82, 2.24) is 5.32 Å². The fourth-order valence-corrected chi connectivity index (χ4v) is 1.31. The van der Waals surface area contributed by atoms with Crippen molar-refractivity contribution < 1.29 is 19.1 Å². The fourth-order valence-electron chi connectivity index (χ4n) is 1.31. The molecule has 0 aromatic heterocycles. The summed E-state index contributed by atoms with van der Waals surface area (Å²) in [6.07, 6.45) is 1.95. The first-order valence-corrected chi connectivity index (χ1v) is 5.28. The van der Waals surface area contributed by atoms with E-state index in [2.05, 4.69) is 5.32 Å². The van der Waals surface area contributed by atoms with Gasteiger partial charge < -0.3 is 10.4 Å². The largest absolute Gasteiger partial charge is 0.483 e. The minimum atomic E-state index is -0.261. The molecular formula is C12H14FNO3. The molecule has 1 aliphatic rings. The van der Waals surface area contributed by atoms with Crippen LogP contribution in [0.25, 0.3) is 0 Å². The highest BCUT2D eigenvalue weighted by atomic mass is 19.1. The van der Waals surface area contributed by atoms with Crippen LogP contribution in [0.4, 0.5) is 4.39 Å². The van der Waals surface area contributed by atoms with E-state index < -0.39 is 0 Å². The lowest BCUT2D eigenvalue weighted by atomic mass is 10.2. The number of carboxylic acid groups (broad SMARTS) is 1. The fraction of sp³-hybridized carbons (Fsp3) is 0.333. The molecule has 1 fully saturated rings. The zero-order valence-corrected chi connectivity index (χ0v) is 9.23. The molecule has 1 amide bonds. The average Bonchev–Trinajstić information content (AvgIpc) is 3.12. The van der Waals surface area contributed by atoms with E-state index in [1.807, 2.05) is 0 Å². The molecule has 4 nitrogen and oxygen atoms in total. The average molecular weight is 239 g/mol. The van der Waals surface area contributed by atoms with Crippen LogP contribution in [-0.4, -0.2) is 17.5 Å². The normalized spacial score (nSPS) is 13.2. The standard InChI is InChI=1S/C11H12FNO.CH2O2/c12-10-4-2-1-3-9(10)7-13-11(14)8-5-6-8;2-1-3/h1-4,8H,5-7H2,(H,13,14);1H,(H,2,3). The lowest BCUT2D eigenvalue weighted by Gasteiger charge is -2.04. The molecule has 1 aliphatic carbocycles. The van der Waals surface area contributed by atoms with Crippen LogP contribution in [0.3, 0.4) is 0 Å². The Morgan fingerprint density at radius 3 is 2.59 bits per heavy atom. The third-order valence-corrected chi connectivity index (χ3v) is 2.36. The van der Waals surface area contributed by atoms with Crippen LogP contribution < -0.4 is 5.32 Å². The first-order valence-electron chi connectivity index (χ1n) is 5.28. The van der Waals surface area contributed by atoms with Gasteiger partial charge in [0.25, 0.3) is 6.47 Å². The molecular weight excluding hydrogens is 225 g/mol. The van der Waals surface area contributed by atoms with Crippen LogP contribution in [-0.2, 0) is 16.1 Å². The molecule has 0 unspecified atom stereocenters. The lowest BCUT2D eigenvalue weighted by Crippen LogP contribution is -2.24. The van der Waals surface area contributed by atoms with Crippen molar-refractivity contribution in [2.75, 3.05) is 0 Å². The molecule has 0 atom stereocenters. The Kier molecular flexibility index (Phi) is 5.13. The molecule has 0 radical (unpaired) electrons. The van der Waals surface area contributed by atoms with Gasteiger partial charge in [-0.15, -0.1) is 0 Å².